The van der Waals surface area contributed by atoms with Crippen molar-refractivity contribution < 1.29 is 4.79 Å². The molecule has 2 saturated carbocycles. The molecule has 1 aliphatic heterocycles. The molecule has 3 fully saturated rings. The van der Waals surface area contributed by atoms with Crippen LogP contribution in [0.5, 0.6) is 0 Å². The summed E-state index contributed by atoms with van der Waals surface area (Å²) < 4.78 is 0. The van der Waals surface area contributed by atoms with E-state index in [1.165, 1.54) is 77.0 Å². The van der Waals surface area contributed by atoms with E-state index in [1.807, 2.05) is 0 Å². The van der Waals surface area contributed by atoms with Crippen LogP contribution in [0.25, 0.3) is 0 Å². The van der Waals surface area contributed by atoms with Crippen molar-refractivity contribution in [2.24, 2.45) is 5.41 Å². The summed E-state index contributed by atoms with van der Waals surface area (Å²) in [6.07, 6.45) is 15.8. The number of rotatable bonds is 1. The van der Waals surface area contributed by atoms with E-state index in [4.69, 9.17) is 0 Å². The lowest BCUT2D eigenvalue weighted by Gasteiger charge is -2.44. The molecular formula is C17H30N2O. The zero-order chi connectivity index (χ0) is 13.8. The minimum Gasteiger partial charge on any atom is -0.335 e. The van der Waals surface area contributed by atoms with E-state index >= 15 is 0 Å². The van der Waals surface area contributed by atoms with Gasteiger partial charge in [0.25, 0.3) is 0 Å². The predicted octanol–water partition coefficient (Wildman–Crippen LogP) is 4.08. The zero-order valence-electron chi connectivity index (χ0n) is 12.8. The lowest BCUT2D eigenvalue weighted by atomic mass is 9.68. The number of urea groups is 1. The van der Waals surface area contributed by atoms with Gasteiger partial charge in [-0.25, -0.2) is 4.79 Å². The third-order valence-electron chi connectivity index (χ3n) is 5.96. The molecule has 3 heteroatoms. The molecule has 20 heavy (non-hydrogen) atoms. The van der Waals surface area contributed by atoms with Gasteiger partial charge < -0.3 is 10.2 Å². The number of piperidine rings is 1. The number of likely N-dealkylation sites (tertiary alicyclic amines) is 1. The standard InChI is InChI=1S/C17H30N2O/c20-16(18-15-7-3-1-4-8-15)19-13-11-17(12-14-19)9-5-2-6-10-17/h15H,1-14H2,(H,18,20). The van der Waals surface area contributed by atoms with Crippen LogP contribution in [-0.4, -0.2) is 30.1 Å². The molecule has 1 spiro atoms. The first-order chi connectivity index (χ1) is 9.77. The predicted molar refractivity (Wildman–Crippen MR) is 81.7 cm³/mol. The summed E-state index contributed by atoms with van der Waals surface area (Å²) in [6.45, 7) is 1.97. The van der Waals surface area contributed by atoms with E-state index in [9.17, 15) is 4.79 Å². The number of hydrogen-bond donors (Lipinski definition) is 1. The lowest BCUT2D eigenvalue weighted by molar-refractivity contribution is 0.0799. The van der Waals surface area contributed by atoms with Gasteiger partial charge in [-0.05, 0) is 43.9 Å². The summed E-state index contributed by atoms with van der Waals surface area (Å²) in [5.74, 6) is 0. The van der Waals surface area contributed by atoms with Gasteiger partial charge in [0.2, 0.25) is 0 Å². The van der Waals surface area contributed by atoms with Gasteiger partial charge in [0, 0.05) is 19.1 Å². The van der Waals surface area contributed by atoms with Crippen molar-refractivity contribution in [1.29, 1.82) is 0 Å². The second-order valence-corrected chi connectivity index (χ2v) is 7.33. The fourth-order valence-electron chi connectivity index (χ4n) is 4.50. The van der Waals surface area contributed by atoms with Gasteiger partial charge in [-0.2, -0.15) is 0 Å². The fraction of sp³-hybridized carbons (Fsp3) is 0.941. The highest BCUT2D eigenvalue weighted by Crippen LogP contribution is 2.44. The molecule has 1 saturated heterocycles. The van der Waals surface area contributed by atoms with Crippen LogP contribution in [0, 0.1) is 5.41 Å². The van der Waals surface area contributed by atoms with Gasteiger partial charge >= 0.3 is 6.03 Å². The molecule has 1 heterocycles. The summed E-state index contributed by atoms with van der Waals surface area (Å²) in [6, 6.07) is 0.657. The van der Waals surface area contributed by atoms with Crippen LogP contribution >= 0.6 is 0 Å². The summed E-state index contributed by atoms with van der Waals surface area (Å²) in [5, 5.41) is 3.27. The first kappa shape index (κ1) is 14.2. The number of carbonyl (C=O) groups excluding carboxylic acids is 1. The van der Waals surface area contributed by atoms with Crippen LogP contribution in [0.2, 0.25) is 0 Å². The van der Waals surface area contributed by atoms with Gasteiger partial charge in [0.1, 0.15) is 0 Å². The highest BCUT2D eigenvalue weighted by molar-refractivity contribution is 5.74. The van der Waals surface area contributed by atoms with Gasteiger partial charge in [0.15, 0.2) is 0 Å². The SMILES string of the molecule is O=C(NC1CCCCC1)N1CCC2(CCCCC2)CC1. The third kappa shape index (κ3) is 3.29. The normalized spacial score (nSPS) is 27.5. The number of amides is 2. The van der Waals surface area contributed by atoms with Crippen LogP contribution in [0.1, 0.15) is 77.0 Å². The third-order valence-corrected chi connectivity index (χ3v) is 5.96. The minimum absolute atomic E-state index is 0.211. The van der Waals surface area contributed by atoms with Crippen molar-refractivity contribution >= 4 is 6.03 Å². The Hall–Kier alpha value is -0.730. The molecule has 0 atom stereocenters. The average molecular weight is 278 g/mol. The Bertz CT molecular complexity index is 320. The Morgan fingerprint density at radius 2 is 1.45 bits per heavy atom. The summed E-state index contributed by atoms with van der Waals surface area (Å²) >= 11 is 0. The van der Waals surface area contributed by atoms with E-state index in [0.29, 0.717) is 11.5 Å². The Kier molecular flexibility index (Phi) is 4.52. The van der Waals surface area contributed by atoms with Crippen LogP contribution < -0.4 is 5.32 Å². The summed E-state index contributed by atoms with van der Waals surface area (Å²) in [5.41, 5.74) is 0.597. The molecule has 3 nitrogen and oxygen atoms in total. The van der Waals surface area contributed by atoms with Gasteiger partial charge in [-0.1, -0.05) is 38.5 Å². The van der Waals surface area contributed by atoms with E-state index < -0.39 is 0 Å². The van der Waals surface area contributed by atoms with Crippen LogP contribution in [0.15, 0.2) is 0 Å². The Morgan fingerprint density at radius 3 is 2.10 bits per heavy atom. The van der Waals surface area contributed by atoms with Crippen LogP contribution in [0.3, 0.4) is 0 Å². The quantitative estimate of drug-likeness (QED) is 0.770. The van der Waals surface area contributed by atoms with Gasteiger partial charge in [-0.3, -0.25) is 0 Å². The number of carbonyl (C=O) groups is 1. The number of nitrogens with zero attached hydrogens (tertiary/aromatic N) is 1. The van der Waals surface area contributed by atoms with E-state index in [0.717, 1.165) is 13.1 Å². The maximum atomic E-state index is 12.4. The molecular weight excluding hydrogens is 248 g/mol. The second-order valence-electron chi connectivity index (χ2n) is 7.33. The highest BCUT2D eigenvalue weighted by Gasteiger charge is 2.36. The Balaban J connectivity index is 1.46. The molecule has 1 N–H and O–H groups in total. The zero-order valence-corrected chi connectivity index (χ0v) is 12.8. The molecule has 0 aromatic carbocycles. The van der Waals surface area contributed by atoms with Crippen molar-refractivity contribution in [3.63, 3.8) is 0 Å². The maximum Gasteiger partial charge on any atom is 0.317 e. The van der Waals surface area contributed by atoms with Gasteiger partial charge in [0.05, 0.1) is 0 Å². The van der Waals surface area contributed by atoms with Crippen LogP contribution in [-0.2, 0) is 0 Å². The largest absolute Gasteiger partial charge is 0.335 e. The smallest absolute Gasteiger partial charge is 0.317 e. The molecule has 0 unspecified atom stereocenters. The molecule has 0 bridgehead atoms. The molecule has 114 valence electrons. The molecule has 0 aromatic heterocycles. The Labute approximate surface area is 123 Å². The average Bonchev–Trinajstić information content (AvgIpc) is 2.50. The summed E-state index contributed by atoms with van der Waals surface area (Å²) in [7, 11) is 0. The molecule has 3 aliphatic rings. The molecule has 2 amide bonds. The van der Waals surface area contributed by atoms with E-state index in [-0.39, 0.29) is 6.03 Å². The summed E-state index contributed by atoms with van der Waals surface area (Å²) in [4.78, 5) is 14.4. The molecule has 3 rings (SSSR count). The van der Waals surface area contributed by atoms with Crippen molar-refractivity contribution in [2.45, 2.75) is 83.1 Å². The minimum atomic E-state index is 0.211. The van der Waals surface area contributed by atoms with Crippen LogP contribution in [0.4, 0.5) is 4.79 Å². The van der Waals surface area contributed by atoms with Crippen molar-refractivity contribution in [2.75, 3.05) is 13.1 Å². The van der Waals surface area contributed by atoms with Crippen molar-refractivity contribution in [3.05, 3.63) is 0 Å². The number of nitrogens with one attached hydrogen (secondary N) is 1. The van der Waals surface area contributed by atoms with Gasteiger partial charge in [-0.15, -0.1) is 0 Å². The first-order valence-corrected chi connectivity index (χ1v) is 8.83. The Morgan fingerprint density at radius 1 is 0.850 bits per heavy atom. The lowest BCUT2D eigenvalue weighted by Crippen LogP contribution is -2.50. The highest BCUT2D eigenvalue weighted by atomic mass is 16.2. The second kappa shape index (κ2) is 6.36. The van der Waals surface area contributed by atoms with Crippen molar-refractivity contribution in [3.8, 4) is 0 Å². The van der Waals surface area contributed by atoms with Crippen molar-refractivity contribution in [1.82, 2.24) is 10.2 Å². The maximum absolute atomic E-state index is 12.4. The first-order valence-electron chi connectivity index (χ1n) is 8.83. The number of hydrogen-bond acceptors (Lipinski definition) is 1. The fourth-order valence-corrected chi connectivity index (χ4v) is 4.50. The molecule has 0 aromatic rings. The monoisotopic (exact) mass is 278 g/mol. The van der Waals surface area contributed by atoms with E-state index in [1.54, 1.807) is 0 Å². The van der Waals surface area contributed by atoms with E-state index in [2.05, 4.69) is 10.2 Å². The molecule has 2 aliphatic carbocycles. The molecule has 0 radical (unpaired) electrons. The topological polar surface area (TPSA) is 32.3 Å².